The van der Waals surface area contributed by atoms with Crippen molar-refractivity contribution in [2.24, 2.45) is 5.92 Å². The molecule has 0 saturated carbocycles. The summed E-state index contributed by atoms with van der Waals surface area (Å²) in [5.74, 6) is 0.743. The van der Waals surface area contributed by atoms with E-state index in [4.69, 9.17) is 0 Å². The van der Waals surface area contributed by atoms with Crippen LogP contribution in [0.5, 0.6) is 0 Å². The molecular formula is C13H21NS. The molecule has 1 rings (SSSR count). The van der Waals surface area contributed by atoms with Crippen molar-refractivity contribution < 1.29 is 0 Å². The minimum Gasteiger partial charge on any atom is -0.316 e. The molecule has 0 unspecified atom stereocenters. The molecule has 0 aliphatic rings. The van der Waals surface area contributed by atoms with E-state index >= 15 is 0 Å². The summed E-state index contributed by atoms with van der Waals surface area (Å²) in [6.45, 7) is 8.86. The molecular weight excluding hydrogens is 202 g/mol. The average Bonchev–Trinajstić information content (AvgIpc) is 2.69. The summed E-state index contributed by atoms with van der Waals surface area (Å²) in [5, 5.41) is 5.57. The van der Waals surface area contributed by atoms with Crippen LogP contribution in [0.1, 0.15) is 32.1 Å². The molecule has 1 nitrogen and oxygen atoms in total. The van der Waals surface area contributed by atoms with Gasteiger partial charge in [0, 0.05) is 4.88 Å². The highest BCUT2D eigenvalue weighted by Crippen LogP contribution is 2.19. The molecule has 0 saturated heterocycles. The quantitative estimate of drug-likeness (QED) is 0.724. The zero-order chi connectivity index (χ0) is 11.1. The summed E-state index contributed by atoms with van der Waals surface area (Å²) in [4.78, 5) is 1.39. The molecule has 0 amide bonds. The first-order valence-corrected chi connectivity index (χ1v) is 6.49. The van der Waals surface area contributed by atoms with Gasteiger partial charge in [-0.1, -0.05) is 26.0 Å². The van der Waals surface area contributed by atoms with Gasteiger partial charge in [0.25, 0.3) is 0 Å². The lowest BCUT2D eigenvalue weighted by molar-refractivity contribution is 0.557. The van der Waals surface area contributed by atoms with E-state index in [0.717, 1.165) is 25.4 Å². The Hall–Kier alpha value is -0.600. The molecule has 15 heavy (non-hydrogen) atoms. The van der Waals surface area contributed by atoms with Crippen LogP contribution in [-0.4, -0.2) is 13.1 Å². The summed E-state index contributed by atoms with van der Waals surface area (Å²) in [6, 6.07) is 4.28. The van der Waals surface area contributed by atoms with E-state index in [2.05, 4.69) is 49.7 Å². The van der Waals surface area contributed by atoms with Gasteiger partial charge in [-0.3, -0.25) is 0 Å². The van der Waals surface area contributed by atoms with E-state index in [9.17, 15) is 0 Å². The van der Waals surface area contributed by atoms with Gasteiger partial charge in [-0.2, -0.15) is 0 Å². The molecule has 0 aliphatic heterocycles. The molecule has 1 heterocycles. The van der Waals surface area contributed by atoms with Crippen molar-refractivity contribution in [3.63, 3.8) is 0 Å². The zero-order valence-electron chi connectivity index (χ0n) is 9.92. The van der Waals surface area contributed by atoms with Crippen LogP contribution < -0.4 is 5.32 Å². The Balaban J connectivity index is 2.21. The summed E-state index contributed by atoms with van der Waals surface area (Å²) < 4.78 is 0. The fraction of sp³-hybridized carbons (Fsp3) is 0.538. The topological polar surface area (TPSA) is 12.0 Å². The minimum atomic E-state index is 0.743. The van der Waals surface area contributed by atoms with Gasteiger partial charge in [0.2, 0.25) is 0 Å². The van der Waals surface area contributed by atoms with Crippen LogP contribution in [-0.2, 0) is 0 Å². The van der Waals surface area contributed by atoms with E-state index in [1.165, 1.54) is 10.5 Å². The largest absolute Gasteiger partial charge is 0.316 e. The first kappa shape index (κ1) is 12.5. The van der Waals surface area contributed by atoms with E-state index in [-0.39, 0.29) is 0 Å². The van der Waals surface area contributed by atoms with Gasteiger partial charge < -0.3 is 5.32 Å². The lowest BCUT2D eigenvalue weighted by atomic mass is 10.2. The van der Waals surface area contributed by atoms with E-state index in [1.54, 1.807) is 0 Å². The Morgan fingerprint density at radius 3 is 2.93 bits per heavy atom. The fourth-order valence-electron chi connectivity index (χ4n) is 1.39. The third-order valence-electron chi connectivity index (χ3n) is 2.23. The van der Waals surface area contributed by atoms with Gasteiger partial charge in [-0.15, -0.1) is 11.3 Å². The molecule has 1 aromatic heterocycles. The lowest BCUT2D eigenvalue weighted by Gasteiger charge is -2.05. The number of hydrogen-bond donors (Lipinski definition) is 1. The van der Waals surface area contributed by atoms with Crippen LogP contribution in [0, 0.1) is 5.92 Å². The van der Waals surface area contributed by atoms with Crippen molar-refractivity contribution in [3.8, 4) is 0 Å². The van der Waals surface area contributed by atoms with Crippen LogP contribution in [0.3, 0.4) is 0 Å². The normalized spacial score (nSPS) is 12.4. The van der Waals surface area contributed by atoms with Gasteiger partial charge in [-0.25, -0.2) is 0 Å². The summed E-state index contributed by atoms with van der Waals surface area (Å²) >= 11 is 1.81. The van der Waals surface area contributed by atoms with E-state index in [1.807, 2.05) is 11.3 Å². The van der Waals surface area contributed by atoms with Crippen molar-refractivity contribution in [2.45, 2.75) is 27.2 Å². The fourth-order valence-corrected chi connectivity index (χ4v) is 2.12. The molecule has 1 aromatic rings. The van der Waals surface area contributed by atoms with Gasteiger partial charge in [-0.05, 0) is 49.4 Å². The Morgan fingerprint density at radius 2 is 2.33 bits per heavy atom. The maximum atomic E-state index is 3.44. The van der Waals surface area contributed by atoms with Gasteiger partial charge >= 0.3 is 0 Å². The third-order valence-corrected chi connectivity index (χ3v) is 3.24. The molecule has 0 aromatic carbocycles. The molecule has 1 N–H and O–H groups in total. The third kappa shape index (κ3) is 5.14. The van der Waals surface area contributed by atoms with Gasteiger partial charge in [0.15, 0.2) is 0 Å². The SMILES string of the molecule is CC(=CCCNCC(C)C)c1cccs1. The summed E-state index contributed by atoms with van der Waals surface area (Å²) in [6.07, 6.45) is 3.44. The van der Waals surface area contributed by atoms with Crippen LogP contribution in [0.2, 0.25) is 0 Å². The number of nitrogens with one attached hydrogen (secondary N) is 1. The maximum absolute atomic E-state index is 3.44. The predicted molar refractivity (Wildman–Crippen MR) is 70.3 cm³/mol. The summed E-state index contributed by atoms with van der Waals surface area (Å²) in [7, 11) is 0. The lowest BCUT2D eigenvalue weighted by Crippen LogP contribution is -2.20. The Morgan fingerprint density at radius 1 is 1.53 bits per heavy atom. The number of rotatable bonds is 6. The molecule has 2 heteroatoms. The smallest absolute Gasteiger partial charge is 0.0296 e. The molecule has 0 radical (unpaired) electrons. The zero-order valence-corrected chi connectivity index (χ0v) is 10.7. The second-order valence-electron chi connectivity index (χ2n) is 4.25. The second kappa shape index (κ2) is 6.81. The van der Waals surface area contributed by atoms with Gasteiger partial charge in [0.05, 0.1) is 0 Å². The van der Waals surface area contributed by atoms with Crippen molar-refractivity contribution >= 4 is 16.9 Å². The molecule has 0 atom stereocenters. The molecule has 0 bridgehead atoms. The standard InChI is InChI=1S/C13H21NS/c1-11(2)10-14-8-4-6-12(3)13-7-5-9-15-13/h5-7,9,11,14H,4,8,10H2,1-3H3. The number of allylic oxidation sites excluding steroid dienone is 1. The molecule has 84 valence electrons. The van der Waals surface area contributed by atoms with Crippen LogP contribution in [0.15, 0.2) is 23.6 Å². The van der Waals surface area contributed by atoms with Gasteiger partial charge in [0.1, 0.15) is 0 Å². The average molecular weight is 223 g/mol. The second-order valence-corrected chi connectivity index (χ2v) is 5.20. The Labute approximate surface area is 97.2 Å². The molecule has 0 aliphatic carbocycles. The van der Waals surface area contributed by atoms with Crippen molar-refractivity contribution in [2.75, 3.05) is 13.1 Å². The van der Waals surface area contributed by atoms with E-state index in [0.29, 0.717) is 0 Å². The van der Waals surface area contributed by atoms with Crippen LogP contribution in [0.4, 0.5) is 0 Å². The molecule has 0 spiro atoms. The highest BCUT2D eigenvalue weighted by atomic mass is 32.1. The highest BCUT2D eigenvalue weighted by Gasteiger charge is 1.95. The number of hydrogen-bond acceptors (Lipinski definition) is 2. The van der Waals surface area contributed by atoms with Crippen LogP contribution >= 0.6 is 11.3 Å². The summed E-state index contributed by atoms with van der Waals surface area (Å²) in [5.41, 5.74) is 1.40. The first-order chi connectivity index (χ1) is 7.20. The highest BCUT2D eigenvalue weighted by molar-refractivity contribution is 7.11. The van der Waals surface area contributed by atoms with Crippen molar-refractivity contribution in [3.05, 3.63) is 28.5 Å². The van der Waals surface area contributed by atoms with Crippen molar-refractivity contribution in [1.82, 2.24) is 5.32 Å². The Kier molecular flexibility index (Phi) is 5.66. The predicted octanol–water partition coefficient (Wildman–Crippen LogP) is 3.79. The number of thiophene rings is 1. The Bertz CT molecular complexity index is 285. The minimum absolute atomic E-state index is 0.743. The molecule has 0 fully saturated rings. The first-order valence-electron chi connectivity index (χ1n) is 5.61. The maximum Gasteiger partial charge on any atom is 0.0296 e. The van der Waals surface area contributed by atoms with Crippen molar-refractivity contribution in [1.29, 1.82) is 0 Å². The monoisotopic (exact) mass is 223 g/mol. The van der Waals surface area contributed by atoms with Crippen LogP contribution in [0.25, 0.3) is 5.57 Å². The van der Waals surface area contributed by atoms with E-state index < -0.39 is 0 Å².